The van der Waals surface area contributed by atoms with Gasteiger partial charge in [-0.2, -0.15) is 9.78 Å². The van der Waals surface area contributed by atoms with Crippen LogP contribution in [0.2, 0.25) is 10.0 Å². The number of hydrogen-bond acceptors (Lipinski definition) is 6. The Labute approximate surface area is 173 Å². The average molecular weight is 425 g/mol. The zero-order chi connectivity index (χ0) is 20.1. The molecular formula is C19H22Cl2N4O3. The quantitative estimate of drug-likeness (QED) is 0.687. The van der Waals surface area contributed by atoms with Crippen LogP contribution in [0.25, 0.3) is 5.69 Å². The Morgan fingerprint density at radius 2 is 1.89 bits per heavy atom. The van der Waals surface area contributed by atoms with Gasteiger partial charge in [-0.1, -0.05) is 23.2 Å². The van der Waals surface area contributed by atoms with Crippen LogP contribution < -0.4 is 10.5 Å². The standard InChI is InChI=1S/C19H22Cl2N4O3/c1-2-28-17(26)13-23-8-3-9-24(11-10-23)16-12-22-25(19(27)18(16)21)15-6-4-14(20)5-7-15/h4-7,12H,2-3,8-11,13H2,1H3. The second-order valence-electron chi connectivity index (χ2n) is 6.46. The third kappa shape index (κ3) is 4.84. The van der Waals surface area contributed by atoms with E-state index < -0.39 is 0 Å². The molecule has 150 valence electrons. The van der Waals surface area contributed by atoms with Gasteiger partial charge in [0, 0.05) is 31.2 Å². The van der Waals surface area contributed by atoms with Crippen molar-refractivity contribution in [3.05, 3.63) is 50.9 Å². The lowest BCUT2D eigenvalue weighted by molar-refractivity contribution is -0.144. The van der Waals surface area contributed by atoms with E-state index in [4.69, 9.17) is 27.9 Å². The number of benzene rings is 1. The van der Waals surface area contributed by atoms with Gasteiger partial charge in [-0.05, 0) is 37.6 Å². The minimum absolute atomic E-state index is 0.129. The summed E-state index contributed by atoms with van der Waals surface area (Å²) < 4.78 is 6.27. The second kappa shape index (κ2) is 9.41. The third-order valence-electron chi connectivity index (χ3n) is 4.56. The average Bonchev–Trinajstić information content (AvgIpc) is 2.90. The first-order valence-corrected chi connectivity index (χ1v) is 9.92. The molecule has 0 atom stereocenters. The summed E-state index contributed by atoms with van der Waals surface area (Å²) in [6.07, 6.45) is 2.45. The van der Waals surface area contributed by atoms with E-state index in [2.05, 4.69) is 5.10 Å². The summed E-state index contributed by atoms with van der Waals surface area (Å²) in [6.45, 7) is 5.27. The molecule has 2 heterocycles. The lowest BCUT2D eigenvalue weighted by atomic mass is 10.3. The van der Waals surface area contributed by atoms with Crippen molar-refractivity contribution in [1.29, 1.82) is 0 Å². The van der Waals surface area contributed by atoms with E-state index in [1.165, 1.54) is 4.68 Å². The highest BCUT2D eigenvalue weighted by Crippen LogP contribution is 2.23. The van der Waals surface area contributed by atoms with Crippen LogP contribution in [0.5, 0.6) is 0 Å². The summed E-state index contributed by atoms with van der Waals surface area (Å²) in [5.74, 6) is -0.221. The molecule has 1 aliphatic rings. The summed E-state index contributed by atoms with van der Waals surface area (Å²) in [5.41, 5.74) is 0.823. The largest absolute Gasteiger partial charge is 0.465 e. The van der Waals surface area contributed by atoms with E-state index in [0.29, 0.717) is 36.1 Å². The predicted molar refractivity (Wildman–Crippen MR) is 110 cm³/mol. The van der Waals surface area contributed by atoms with E-state index in [0.717, 1.165) is 19.5 Å². The first-order valence-electron chi connectivity index (χ1n) is 9.16. The topological polar surface area (TPSA) is 67.7 Å². The fourth-order valence-corrected chi connectivity index (χ4v) is 3.54. The fourth-order valence-electron chi connectivity index (χ4n) is 3.17. The minimum atomic E-state index is -0.380. The van der Waals surface area contributed by atoms with Gasteiger partial charge in [0.2, 0.25) is 0 Å². The number of ether oxygens (including phenoxy) is 1. The lowest BCUT2D eigenvalue weighted by Crippen LogP contribution is -2.35. The van der Waals surface area contributed by atoms with Crippen LogP contribution in [0, 0.1) is 0 Å². The summed E-state index contributed by atoms with van der Waals surface area (Å²) in [6, 6.07) is 6.82. The fraction of sp³-hybridized carbons (Fsp3) is 0.421. The Kier molecular flexibility index (Phi) is 6.93. The first-order chi connectivity index (χ1) is 13.5. The van der Waals surface area contributed by atoms with Gasteiger partial charge in [-0.15, -0.1) is 0 Å². The van der Waals surface area contributed by atoms with Crippen molar-refractivity contribution in [2.24, 2.45) is 0 Å². The molecule has 0 spiro atoms. The summed E-state index contributed by atoms with van der Waals surface area (Å²) >= 11 is 12.3. The van der Waals surface area contributed by atoms with Crippen LogP contribution in [0.1, 0.15) is 13.3 Å². The van der Waals surface area contributed by atoms with Crippen molar-refractivity contribution in [3.8, 4) is 5.69 Å². The summed E-state index contributed by atoms with van der Waals surface area (Å²) in [4.78, 5) is 28.5. The highest BCUT2D eigenvalue weighted by Gasteiger charge is 2.21. The predicted octanol–water partition coefficient (Wildman–Crippen LogP) is 2.61. The molecule has 7 nitrogen and oxygen atoms in total. The Bertz CT molecular complexity index is 886. The maximum absolute atomic E-state index is 12.7. The third-order valence-corrected chi connectivity index (χ3v) is 5.17. The Hall–Kier alpha value is -2.09. The number of aromatic nitrogens is 2. The zero-order valence-electron chi connectivity index (χ0n) is 15.6. The number of rotatable bonds is 5. The zero-order valence-corrected chi connectivity index (χ0v) is 17.1. The van der Waals surface area contributed by atoms with E-state index >= 15 is 0 Å². The van der Waals surface area contributed by atoms with Gasteiger partial charge in [-0.3, -0.25) is 14.5 Å². The second-order valence-corrected chi connectivity index (χ2v) is 7.27. The van der Waals surface area contributed by atoms with Crippen molar-refractivity contribution in [2.75, 3.05) is 44.2 Å². The highest BCUT2D eigenvalue weighted by atomic mass is 35.5. The minimum Gasteiger partial charge on any atom is -0.465 e. The maximum atomic E-state index is 12.7. The SMILES string of the molecule is CCOC(=O)CN1CCCN(c2cnn(-c3ccc(Cl)cc3)c(=O)c2Cl)CC1. The molecule has 1 aromatic carbocycles. The highest BCUT2D eigenvalue weighted by molar-refractivity contribution is 6.33. The van der Waals surface area contributed by atoms with Crippen LogP contribution in [0.4, 0.5) is 5.69 Å². The molecule has 0 amide bonds. The van der Waals surface area contributed by atoms with Crippen LogP contribution in [-0.4, -0.2) is 60.0 Å². The van der Waals surface area contributed by atoms with Gasteiger partial charge in [0.1, 0.15) is 5.02 Å². The molecule has 1 aliphatic heterocycles. The smallest absolute Gasteiger partial charge is 0.320 e. The van der Waals surface area contributed by atoms with Crippen molar-refractivity contribution >= 4 is 34.9 Å². The number of anilines is 1. The number of halogens is 2. The van der Waals surface area contributed by atoms with Crippen molar-refractivity contribution in [1.82, 2.24) is 14.7 Å². The molecule has 28 heavy (non-hydrogen) atoms. The molecule has 0 unspecified atom stereocenters. The van der Waals surface area contributed by atoms with E-state index in [1.807, 2.05) is 9.80 Å². The number of carbonyl (C=O) groups excluding carboxylic acids is 1. The molecule has 0 saturated carbocycles. The molecule has 1 fully saturated rings. The molecule has 0 bridgehead atoms. The molecule has 0 aliphatic carbocycles. The van der Waals surface area contributed by atoms with Crippen LogP contribution >= 0.6 is 23.2 Å². The molecule has 9 heteroatoms. The molecule has 1 aromatic heterocycles. The molecule has 3 rings (SSSR count). The number of hydrogen-bond donors (Lipinski definition) is 0. The molecule has 0 N–H and O–H groups in total. The molecular weight excluding hydrogens is 403 g/mol. The maximum Gasteiger partial charge on any atom is 0.320 e. The van der Waals surface area contributed by atoms with Crippen molar-refractivity contribution in [3.63, 3.8) is 0 Å². The van der Waals surface area contributed by atoms with E-state index in [1.54, 1.807) is 37.4 Å². The normalized spacial score (nSPS) is 15.3. The van der Waals surface area contributed by atoms with E-state index in [9.17, 15) is 9.59 Å². The molecule has 0 radical (unpaired) electrons. The van der Waals surface area contributed by atoms with Gasteiger partial charge in [0.25, 0.3) is 5.56 Å². The Morgan fingerprint density at radius 3 is 2.61 bits per heavy atom. The van der Waals surface area contributed by atoms with E-state index in [-0.39, 0.29) is 23.1 Å². The van der Waals surface area contributed by atoms with Crippen LogP contribution in [0.15, 0.2) is 35.3 Å². The van der Waals surface area contributed by atoms with Gasteiger partial charge in [-0.25, -0.2) is 0 Å². The lowest BCUT2D eigenvalue weighted by Gasteiger charge is -2.24. The summed E-state index contributed by atoms with van der Waals surface area (Å²) in [7, 11) is 0. The first kappa shape index (κ1) is 20.6. The Balaban J connectivity index is 1.75. The number of nitrogens with zero attached hydrogens (tertiary/aromatic N) is 4. The summed E-state index contributed by atoms with van der Waals surface area (Å²) in [5, 5.41) is 4.99. The number of carbonyl (C=O) groups is 1. The van der Waals surface area contributed by atoms with Crippen molar-refractivity contribution in [2.45, 2.75) is 13.3 Å². The van der Waals surface area contributed by atoms with Gasteiger partial charge in [0.15, 0.2) is 0 Å². The van der Waals surface area contributed by atoms with Crippen molar-refractivity contribution < 1.29 is 9.53 Å². The monoisotopic (exact) mass is 424 g/mol. The molecule has 2 aromatic rings. The molecule has 1 saturated heterocycles. The van der Waals surface area contributed by atoms with Gasteiger partial charge in [0.05, 0.1) is 30.7 Å². The van der Waals surface area contributed by atoms with Crippen LogP contribution in [0.3, 0.4) is 0 Å². The Morgan fingerprint density at radius 1 is 1.14 bits per heavy atom. The van der Waals surface area contributed by atoms with Crippen LogP contribution in [-0.2, 0) is 9.53 Å². The van der Waals surface area contributed by atoms with Gasteiger partial charge < -0.3 is 9.64 Å². The number of esters is 1. The van der Waals surface area contributed by atoms with Gasteiger partial charge >= 0.3 is 5.97 Å².